The molecular weight excluding hydrogens is 246 g/mol. The van der Waals surface area contributed by atoms with Gasteiger partial charge in [-0.1, -0.05) is 17.4 Å². The van der Waals surface area contributed by atoms with Gasteiger partial charge in [-0.2, -0.15) is 0 Å². The van der Waals surface area contributed by atoms with Gasteiger partial charge in [-0.25, -0.2) is 0 Å². The number of nitrogens with zero attached hydrogens (tertiary/aromatic N) is 4. The van der Waals surface area contributed by atoms with Gasteiger partial charge in [0.25, 0.3) is 0 Å². The molecule has 0 saturated heterocycles. The molecule has 0 radical (unpaired) electrons. The fourth-order valence-corrected chi connectivity index (χ4v) is 2.36. The van der Waals surface area contributed by atoms with Gasteiger partial charge < -0.3 is 10.6 Å². The van der Waals surface area contributed by atoms with Gasteiger partial charge >= 0.3 is 0 Å². The standard InChI is InChI=1S/C12H17N5S/c1-10-15-16-12(18-10)17(7-3-5-13)9-11-4-2-6-14-8-11/h2,4,6,8H,3,5,7,9,13H2,1H3. The molecule has 0 amide bonds. The van der Waals surface area contributed by atoms with Gasteiger partial charge in [0.1, 0.15) is 5.01 Å². The lowest BCUT2D eigenvalue weighted by Gasteiger charge is -2.20. The van der Waals surface area contributed by atoms with E-state index in [2.05, 4.69) is 26.1 Å². The molecule has 0 aliphatic rings. The zero-order chi connectivity index (χ0) is 12.8. The van der Waals surface area contributed by atoms with Crippen LogP contribution in [0.5, 0.6) is 0 Å². The summed E-state index contributed by atoms with van der Waals surface area (Å²) in [6, 6.07) is 4.01. The van der Waals surface area contributed by atoms with Crippen molar-refractivity contribution in [3.05, 3.63) is 35.1 Å². The number of pyridine rings is 1. The molecule has 2 aromatic heterocycles. The summed E-state index contributed by atoms with van der Waals surface area (Å²) in [6.07, 6.45) is 4.60. The highest BCUT2D eigenvalue weighted by atomic mass is 32.1. The van der Waals surface area contributed by atoms with Crippen LogP contribution in [-0.2, 0) is 6.54 Å². The Morgan fingerprint density at radius 2 is 2.28 bits per heavy atom. The van der Waals surface area contributed by atoms with Crippen molar-refractivity contribution in [3.8, 4) is 0 Å². The fourth-order valence-electron chi connectivity index (χ4n) is 1.65. The van der Waals surface area contributed by atoms with Crippen LogP contribution >= 0.6 is 11.3 Å². The molecule has 2 N–H and O–H groups in total. The Labute approximate surface area is 111 Å². The highest BCUT2D eigenvalue weighted by molar-refractivity contribution is 7.15. The number of aryl methyl sites for hydroxylation is 1. The molecule has 0 atom stereocenters. The van der Waals surface area contributed by atoms with Gasteiger partial charge in [0.2, 0.25) is 5.13 Å². The maximum Gasteiger partial charge on any atom is 0.208 e. The lowest BCUT2D eigenvalue weighted by molar-refractivity contribution is 0.727. The Morgan fingerprint density at radius 1 is 1.39 bits per heavy atom. The molecule has 0 aromatic carbocycles. The first-order chi connectivity index (χ1) is 8.79. The third-order valence-electron chi connectivity index (χ3n) is 2.51. The zero-order valence-electron chi connectivity index (χ0n) is 10.4. The third-order valence-corrected chi connectivity index (χ3v) is 3.41. The molecule has 0 bridgehead atoms. The second-order valence-corrected chi connectivity index (χ2v) is 5.19. The van der Waals surface area contributed by atoms with Gasteiger partial charge in [-0.3, -0.25) is 4.98 Å². The van der Waals surface area contributed by atoms with Crippen LogP contribution in [-0.4, -0.2) is 28.3 Å². The van der Waals surface area contributed by atoms with Crippen LogP contribution in [0.2, 0.25) is 0 Å². The predicted molar refractivity (Wildman–Crippen MR) is 73.6 cm³/mol. The van der Waals surface area contributed by atoms with Crippen LogP contribution in [0.4, 0.5) is 5.13 Å². The molecule has 0 aliphatic heterocycles. The number of hydrogen-bond acceptors (Lipinski definition) is 6. The van der Waals surface area contributed by atoms with E-state index in [1.807, 2.05) is 19.2 Å². The van der Waals surface area contributed by atoms with Crippen molar-refractivity contribution in [2.24, 2.45) is 5.73 Å². The first kappa shape index (κ1) is 12.9. The molecule has 0 unspecified atom stereocenters. The smallest absolute Gasteiger partial charge is 0.208 e. The van der Waals surface area contributed by atoms with E-state index in [1.54, 1.807) is 17.5 Å². The lowest BCUT2D eigenvalue weighted by Crippen LogP contribution is -2.25. The monoisotopic (exact) mass is 263 g/mol. The average Bonchev–Trinajstić information content (AvgIpc) is 2.82. The number of rotatable bonds is 6. The van der Waals surface area contributed by atoms with Crippen LogP contribution in [0.3, 0.4) is 0 Å². The van der Waals surface area contributed by atoms with Gasteiger partial charge in [0.15, 0.2) is 0 Å². The van der Waals surface area contributed by atoms with Crippen molar-refractivity contribution >= 4 is 16.5 Å². The maximum atomic E-state index is 5.58. The normalized spacial score (nSPS) is 10.6. The predicted octanol–water partition coefficient (Wildman–Crippen LogP) is 1.60. The summed E-state index contributed by atoms with van der Waals surface area (Å²) in [4.78, 5) is 6.34. The minimum atomic E-state index is 0.682. The Hall–Kier alpha value is -1.53. The van der Waals surface area contributed by atoms with Crippen LogP contribution < -0.4 is 10.6 Å². The number of hydrogen-bond donors (Lipinski definition) is 1. The van der Waals surface area contributed by atoms with E-state index in [0.29, 0.717) is 6.54 Å². The molecule has 2 heterocycles. The van der Waals surface area contributed by atoms with E-state index in [1.165, 1.54) is 5.56 Å². The molecule has 0 fully saturated rings. The fraction of sp³-hybridized carbons (Fsp3) is 0.417. The van der Waals surface area contributed by atoms with E-state index < -0.39 is 0 Å². The minimum Gasteiger partial charge on any atom is -0.342 e. The van der Waals surface area contributed by atoms with Gasteiger partial charge in [-0.15, -0.1) is 10.2 Å². The van der Waals surface area contributed by atoms with Crippen molar-refractivity contribution in [1.82, 2.24) is 15.2 Å². The largest absolute Gasteiger partial charge is 0.342 e. The first-order valence-corrected chi connectivity index (χ1v) is 6.75. The highest BCUT2D eigenvalue weighted by Crippen LogP contribution is 2.21. The van der Waals surface area contributed by atoms with Gasteiger partial charge in [-0.05, 0) is 31.5 Å². The molecule has 0 spiro atoms. The van der Waals surface area contributed by atoms with Gasteiger partial charge in [0.05, 0.1) is 0 Å². The molecular formula is C12H17N5S. The second-order valence-electron chi connectivity index (χ2n) is 4.03. The minimum absolute atomic E-state index is 0.682. The Balaban J connectivity index is 2.10. The Kier molecular flexibility index (Phi) is 4.60. The van der Waals surface area contributed by atoms with E-state index in [-0.39, 0.29) is 0 Å². The third kappa shape index (κ3) is 3.48. The van der Waals surface area contributed by atoms with Crippen molar-refractivity contribution in [3.63, 3.8) is 0 Å². The SMILES string of the molecule is Cc1nnc(N(CCCN)Cc2cccnc2)s1. The number of nitrogens with two attached hydrogens (primary N) is 1. The summed E-state index contributed by atoms with van der Waals surface area (Å²) >= 11 is 1.61. The zero-order valence-corrected chi connectivity index (χ0v) is 11.2. The van der Waals surface area contributed by atoms with Crippen LogP contribution in [0.25, 0.3) is 0 Å². The first-order valence-electron chi connectivity index (χ1n) is 5.93. The number of aromatic nitrogens is 3. The summed E-state index contributed by atoms with van der Waals surface area (Å²) in [7, 11) is 0. The van der Waals surface area contributed by atoms with Crippen molar-refractivity contribution < 1.29 is 0 Å². The molecule has 6 heteroatoms. The Bertz CT molecular complexity index is 470. The van der Waals surface area contributed by atoms with Crippen molar-refractivity contribution in [1.29, 1.82) is 0 Å². The average molecular weight is 263 g/mol. The summed E-state index contributed by atoms with van der Waals surface area (Å²) in [5.41, 5.74) is 6.75. The van der Waals surface area contributed by atoms with E-state index in [0.717, 1.165) is 29.6 Å². The molecule has 18 heavy (non-hydrogen) atoms. The summed E-state index contributed by atoms with van der Waals surface area (Å²) < 4.78 is 0. The lowest BCUT2D eigenvalue weighted by atomic mass is 10.2. The highest BCUT2D eigenvalue weighted by Gasteiger charge is 2.11. The summed E-state index contributed by atoms with van der Waals surface area (Å²) in [5.74, 6) is 0. The van der Waals surface area contributed by atoms with E-state index in [9.17, 15) is 0 Å². The van der Waals surface area contributed by atoms with Crippen LogP contribution in [0.1, 0.15) is 17.0 Å². The molecule has 2 aromatic rings. The second kappa shape index (κ2) is 6.42. The van der Waals surface area contributed by atoms with Gasteiger partial charge in [0, 0.05) is 25.5 Å². The van der Waals surface area contributed by atoms with Crippen molar-refractivity contribution in [2.45, 2.75) is 19.9 Å². The molecule has 96 valence electrons. The van der Waals surface area contributed by atoms with Crippen LogP contribution in [0, 0.1) is 6.92 Å². The van der Waals surface area contributed by atoms with Crippen molar-refractivity contribution in [2.75, 3.05) is 18.0 Å². The summed E-state index contributed by atoms with van der Waals surface area (Å²) in [6.45, 7) is 4.33. The molecule has 0 aliphatic carbocycles. The molecule has 5 nitrogen and oxygen atoms in total. The maximum absolute atomic E-state index is 5.58. The topological polar surface area (TPSA) is 67.9 Å². The summed E-state index contributed by atoms with van der Waals surface area (Å²) in [5, 5.41) is 10.2. The Morgan fingerprint density at radius 3 is 2.89 bits per heavy atom. The van der Waals surface area contributed by atoms with E-state index in [4.69, 9.17) is 5.73 Å². The quantitative estimate of drug-likeness (QED) is 0.857. The van der Waals surface area contributed by atoms with E-state index >= 15 is 0 Å². The molecule has 2 rings (SSSR count). The molecule has 0 saturated carbocycles. The number of anilines is 1. The van der Waals surface area contributed by atoms with Crippen LogP contribution in [0.15, 0.2) is 24.5 Å².